The van der Waals surface area contributed by atoms with E-state index in [0.717, 1.165) is 0 Å². The molecule has 0 radical (unpaired) electrons. The molecule has 0 aliphatic heterocycles. The Labute approximate surface area is 102 Å². The second kappa shape index (κ2) is 4.42. The largest absolute Gasteiger partial charge is 0.397 e. The number of carbonyl (C=O) groups excluding carboxylic acids is 1. The van der Waals surface area contributed by atoms with Gasteiger partial charge in [0, 0.05) is 7.05 Å². The molecule has 7 heteroatoms. The third-order valence-electron chi connectivity index (χ3n) is 2.12. The van der Waals surface area contributed by atoms with E-state index >= 15 is 0 Å². The highest BCUT2D eigenvalue weighted by molar-refractivity contribution is 6.34. The highest BCUT2D eigenvalue weighted by atomic mass is 35.5. The van der Waals surface area contributed by atoms with Crippen molar-refractivity contribution >= 4 is 28.9 Å². The minimum atomic E-state index is -0.405. The lowest BCUT2D eigenvalue weighted by molar-refractivity contribution is 0.102. The van der Waals surface area contributed by atoms with E-state index in [1.54, 1.807) is 25.2 Å². The number of halogens is 1. The number of para-hydroxylation sites is 1. The van der Waals surface area contributed by atoms with Crippen molar-refractivity contribution in [2.75, 3.05) is 11.1 Å². The van der Waals surface area contributed by atoms with Crippen LogP contribution in [-0.2, 0) is 7.05 Å². The standard InChI is InChI=1S/C10H10ClN5O/c1-16-5-8(14-15-16)10(17)13-9-6(11)3-2-4-7(9)12/h2-5H,12H2,1H3,(H,13,17). The molecule has 0 spiro atoms. The first-order valence-corrected chi connectivity index (χ1v) is 5.17. The molecular formula is C10H10ClN5O. The summed E-state index contributed by atoms with van der Waals surface area (Å²) < 4.78 is 1.44. The lowest BCUT2D eigenvalue weighted by Crippen LogP contribution is -2.14. The van der Waals surface area contributed by atoms with E-state index in [9.17, 15) is 4.79 Å². The van der Waals surface area contributed by atoms with E-state index in [1.807, 2.05) is 0 Å². The first-order chi connectivity index (χ1) is 8.08. The maximum atomic E-state index is 11.8. The Balaban J connectivity index is 2.24. The van der Waals surface area contributed by atoms with Crippen LogP contribution < -0.4 is 11.1 Å². The van der Waals surface area contributed by atoms with Crippen LogP contribution in [0, 0.1) is 0 Å². The molecule has 1 aromatic heterocycles. The zero-order valence-electron chi connectivity index (χ0n) is 9.01. The van der Waals surface area contributed by atoms with Crippen LogP contribution in [0.25, 0.3) is 0 Å². The molecule has 0 atom stereocenters. The summed E-state index contributed by atoms with van der Waals surface area (Å²) in [6.07, 6.45) is 1.50. The second-order valence-corrected chi connectivity index (χ2v) is 3.84. The van der Waals surface area contributed by atoms with Gasteiger partial charge >= 0.3 is 0 Å². The Morgan fingerprint density at radius 2 is 2.29 bits per heavy atom. The maximum absolute atomic E-state index is 11.8. The van der Waals surface area contributed by atoms with E-state index in [-0.39, 0.29) is 5.69 Å². The fourth-order valence-electron chi connectivity index (χ4n) is 1.30. The van der Waals surface area contributed by atoms with Crippen LogP contribution in [0.3, 0.4) is 0 Å². The first-order valence-electron chi connectivity index (χ1n) is 4.79. The Bertz CT molecular complexity index is 545. The number of carbonyl (C=O) groups is 1. The number of nitrogen functional groups attached to an aromatic ring is 1. The normalized spacial score (nSPS) is 10.2. The maximum Gasteiger partial charge on any atom is 0.277 e. The quantitative estimate of drug-likeness (QED) is 0.788. The topological polar surface area (TPSA) is 85.8 Å². The van der Waals surface area contributed by atoms with Crippen LogP contribution >= 0.6 is 11.6 Å². The van der Waals surface area contributed by atoms with Crippen molar-refractivity contribution in [1.29, 1.82) is 0 Å². The summed E-state index contributed by atoms with van der Waals surface area (Å²) in [4.78, 5) is 11.8. The molecule has 0 saturated carbocycles. The van der Waals surface area contributed by atoms with Gasteiger partial charge in [-0.05, 0) is 12.1 Å². The van der Waals surface area contributed by atoms with Gasteiger partial charge < -0.3 is 11.1 Å². The van der Waals surface area contributed by atoms with Crippen molar-refractivity contribution in [3.8, 4) is 0 Å². The van der Waals surface area contributed by atoms with Gasteiger partial charge in [0.25, 0.3) is 5.91 Å². The van der Waals surface area contributed by atoms with Gasteiger partial charge in [-0.25, -0.2) is 0 Å². The molecule has 3 N–H and O–H groups in total. The minimum absolute atomic E-state index is 0.201. The highest BCUT2D eigenvalue weighted by Crippen LogP contribution is 2.27. The summed E-state index contributed by atoms with van der Waals surface area (Å²) in [7, 11) is 1.67. The third-order valence-corrected chi connectivity index (χ3v) is 2.43. The number of hydrogen-bond donors (Lipinski definition) is 2. The van der Waals surface area contributed by atoms with Crippen molar-refractivity contribution in [2.45, 2.75) is 0 Å². The molecule has 0 bridgehead atoms. The third kappa shape index (κ3) is 2.36. The van der Waals surface area contributed by atoms with Crippen LogP contribution in [0.1, 0.15) is 10.5 Å². The van der Waals surface area contributed by atoms with E-state index in [0.29, 0.717) is 16.4 Å². The van der Waals surface area contributed by atoms with Crippen molar-refractivity contribution < 1.29 is 4.79 Å². The van der Waals surface area contributed by atoms with Gasteiger partial charge in [0.05, 0.1) is 22.6 Å². The van der Waals surface area contributed by atoms with Gasteiger partial charge in [-0.3, -0.25) is 9.48 Å². The predicted octanol–water partition coefficient (Wildman–Crippen LogP) is 1.30. The van der Waals surface area contributed by atoms with Gasteiger partial charge in [-0.2, -0.15) is 0 Å². The Kier molecular flexibility index (Phi) is 2.97. The fraction of sp³-hybridized carbons (Fsp3) is 0.100. The summed E-state index contributed by atoms with van der Waals surface area (Å²) >= 11 is 5.93. The average molecular weight is 252 g/mol. The second-order valence-electron chi connectivity index (χ2n) is 3.44. The van der Waals surface area contributed by atoms with E-state index in [4.69, 9.17) is 17.3 Å². The Morgan fingerprint density at radius 3 is 2.88 bits per heavy atom. The van der Waals surface area contributed by atoms with Crippen LogP contribution in [-0.4, -0.2) is 20.9 Å². The number of anilines is 2. The fourth-order valence-corrected chi connectivity index (χ4v) is 1.53. The molecule has 17 heavy (non-hydrogen) atoms. The summed E-state index contributed by atoms with van der Waals surface area (Å²) in [5, 5.41) is 10.3. The molecule has 2 rings (SSSR count). The summed E-state index contributed by atoms with van der Waals surface area (Å²) in [6.45, 7) is 0. The van der Waals surface area contributed by atoms with Gasteiger partial charge in [-0.15, -0.1) is 5.10 Å². The number of aryl methyl sites for hydroxylation is 1. The van der Waals surface area contributed by atoms with Crippen LogP contribution in [0.15, 0.2) is 24.4 Å². The number of aromatic nitrogens is 3. The highest BCUT2D eigenvalue weighted by Gasteiger charge is 2.13. The zero-order valence-corrected chi connectivity index (χ0v) is 9.77. The average Bonchev–Trinajstić information content (AvgIpc) is 2.70. The molecule has 0 fully saturated rings. The van der Waals surface area contributed by atoms with Gasteiger partial charge in [0.1, 0.15) is 0 Å². The van der Waals surface area contributed by atoms with E-state index in [2.05, 4.69) is 15.6 Å². The molecule has 6 nitrogen and oxygen atoms in total. The van der Waals surface area contributed by atoms with Crippen LogP contribution in [0.5, 0.6) is 0 Å². The number of nitrogens with one attached hydrogen (secondary N) is 1. The summed E-state index contributed by atoms with van der Waals surface area (Å²) in [5.41, 5.74) is 6.69. The molecule has 1 amide bonds. The molecule has 0 aliphatic carbocycles. The number of benzene rings is 1. The Morgan fingerprint density at radius 1 is 1.53 bits per heavy atom. The van der Waals surface area contributed by atoms with Crippen molar-refractivity contribution in [2.24, 2.45) is 7.05 Å². The number of nitrogens with two attached hydrogens (primary N) is 1. The van der Waals surface area contributed by atoms with Crippen molar-refractivity contribution in [1.82, 2.24) is 15.0 Å². The predicted molar refractivity (Wildman–Crippen MR) is 64.8 cm³/mol. The lowest BCUT2D eigenvalue weighted by Gasteiger charge is -2.08. The zero-order chi connectivity index (χ0) is 12.4. The van der Waals surface area contributed by atoms with Crippen molar-refractivity contribution in [3.05, 3.63) is 35.1 Å². The number of amides is 1. The molecule has 0 unspecified atom stereocenters. The number of hydrogen-bond acceptors (Lipinski definition) is 4. The SMILES string of the molecule is Cn1cc(C(=O)Nc2c(N)cccc2Cl)nn1. The van der Waals surface area contributed by atoms with Crippen LogP contribution in [0.4, 0.5) is 11.4 Å². The molecule has 1 heterocycles. The minimum Gasteiger partial charge on any atom is -0.397 e. The van der Waals surface area contributed by atoms with Gasteiger partial charge in [-0.1, -0.05) is 22.9 Å². The number of nitrogens with zero attached hydrogens (tertiary/aromatic N) is 3. The monoisotopic (exact) mass is 251 g/mol. The van der Waals surface area contributed by atoms with E-state index in [1.165, 1.54) is 10.9 Å². The van der Waals surface area contributed by atoms with E-state index < -0.39 is 5.91 Å². The summed E-state index contributed by atoms with van der Waals surface area (Å²) in [5.74, 6) is -0.405. The van der Waals surface area contributed by atoms with Crippen LogP contribution in [0.2, 0.25) is 5.02 Å². The van der Waals surface area contributed by atoms with Gasteiger partial charge in [0.2, 0.25) is 0 Å². The smallest absolute Gasteiger partial charge is 0.277 e. The first kappa shape index (κ1) is 11.4. The molecule has 88 valence electrons. The molecular weight excluding hydrogens is 242 g/mol. The summed E-state index contributed by atoms with van der Waals surface area (Å²) in [6, 6.07) is 5.00. The van der Waals surface area contributed by atoms with Gasteiger partial charge in [0.15, 0.2) is 5.69 Å². The molecule has 1 aromatic carbocycles. The number of rotatable bonds is 2. The molecule has 2 aromatic rings. The lowest BCUT2D eigenvalue weighted by atomic mass is 10.2. The molecule has 0 aliphatic rings. The van der Waals surface area contributed by atoms with Crippen molar-refractivity contribution in [3.63, 3.8) is 0 Å². The Hall–Kier alpha value is -2.08. The molecule has 0 saturated heterocycles.